The summed E-state index contributed by atoms with van der Waals surface area (Å²) in [6.45, 7) is 1.31. The van der Waals surface area contributed by atoms with E-state index < -0.39 is 0 Å². The van der Waals surface area contributed by atoms with Gasteiger partial charge in [0.15, 0.2) is 0 Å². The molecule has 0 saturated carbocycles. The van der Waals surface area contributed by atoms with Crippen LogP contribution in [0.3, 0.4) is 0 Å². The molecule has 1 atom stereocenters. The third-order valence-electron chi connectivity index (χ3n) is 6.32. The third-order valence-corrected chi connectivity index (χ3v) is 6.32. The van der Waals surface area contributed by atoms with E-state index >= 15 is 0 Å². The summed E-state index contributed by atoms with van der Waals surface area (Å²) in [6, 6.07) is 13.0. The number of nitrogens with one attached hydrogen (secondary N) is 1. The Labute approximate surface area is 191 Å². The molecule has 2 aromatic carbocycles. The first-order valence-corrected chi connectivity index (χ1v) is 11.2. The van der Waals surface area contributed by atoms with Crippen LogP contribution in [0.5, 0.6) is 5.75 Å². The predicted molar refractivity (Wildman–Crippen MR) is 122 cm³/mol. The number of amides is 2. The molecule has 2 aliphatic rings. The van der Waals surface area contributed by atoms with E-state index in [0.29, 0.717) is 40.6 Å². The van der Waals surface area contributed by atoms with Gasteiger partial charge in [0.05, 0.1) is 17.9 Å². The topological polar surface area (TPSA) is 76.5 Å². The van der Waals surface area contributed by atoms with Gasteiger partial charge in [-0.1, -0.05) is 0 Å². The fourth-order valence-corrected chi connectivity index (χ4v) is 4.57. The summed E-state index contributed by atoms with van der Waals surface area (Å²) >= 11 is 0. The summed E-state index contributed by atoms with van der Waals surface area (Å²) in [4.78, 5) is 28.2. The third kappa shape index (κ3) is 4.20. The quantitative estimate of drug-likeness (QED) is 0.650. The number of ether oxygens (including phenoxy) is 1. The van der Waals surface area contributed by atoms with Crippen molar-refractivity contribution < 1.29 is 18.7 Å². The van der Waals surface area contributed by atoms with Gasteiger partial charge in [-0.05, 0) is 67.8 Å². The zero-order valence-electron chi connectivity index (χ0n) is 18.4. The maximum atomic E-state index is 13.3. The Morgan fingerprint density at radius 1 is 1.12 bits per heavy atom. The molecule has 0 radical (unpaired) electrons. The molecule has 2 aliphatic heterocycles. The van der Waals surface area contributed by atoms with Crippen LogP contribution in [0.4, 0.5) is 10.1 Å². The van der Waals surface area contributed by atoms with Gasteiger partial charge in [-0.15, -0.1) is 0 Å². The number of piperidine rings is 1. The van der Waals surface area contributed by atoms with Crippen LogP contribution in [0.25, 0.3) is 11.3 Å². The van der Waals surface area contributed by atoms with Gasteiger partial charge in [0.2, 0.25) is 0 Å². The highest BCUT2D eigenvalue weighted by Gasteiger charge is 2.31. The smallest absolute Gasteiger partial charge is 0.273 e. The van der Waals surface area contributed by atoms with Crippen molar-refractivity contribution in [2.24, 2.45) is 7.05 Å². The van der Waals surface area contributed by atoms with E-state index in [4.69, 9.17) is 4.74 Å². The monoisotopic (exact) mass is 448 g/mol. The summed E-state index contributed by atoms with van der Waals surface area (Å²) in [5.41, 5.74) is 2.61. The largest absolute Gasteiger partial charge is 0.493 e. The van der Waals surface area contributed by atoms with Gasteiger partial charge < -0.3 is 15.0 Å². The van der Waals surface area contributed by atoms with Crippen molar-refractivity contribution in [3.8, 4) is 17.0 Å². The van der Waals surface area contributed by atoms with E-state index in [-0.39, 0.29) is 23.7 Å². The van der Waals surface area contributed by atoms with E-state index in [1.165, 1.54) is 16.8 Å². The van der Waals surface area contributed by atoms with Crippen LogP contribution >= 0.6 is 0 Å². The molecular weight excluding hydrogens is 423 g/mol. The van der Waals surface area contributed by atoms with Crippen molar-refractivity contribution in [1.29, 1.82) is 0 Å². The van der Waals surface area contributed by atoms with Crippen LogP contribution < -0.4 is 10.1 Å². The van der Waals surface area contributed by atoms with Crippen molar-refractivity contribution in [1.82, 2.24) is 14.7 Å². The van der Waals surface area contributed by atoms with Gasteiger partial charge in [0.1, 0.15) is 17.3 Å². The Kier molecular flexibility index (Phi) is 5.58. The second kappa shape index (κ2) is 8.69. The number of benzene rings is 2. The molecule has 1 fully saturated rings. The van der Waals surface area contributed by atoms with Gasteiger partial charge in [0.25, 0.3) is 11.8 Å². The number of fused-ring (bicyclic) bond motifs is 2. The molecule has 33 heavy (non-hydrogen) atoms. The van der Waals surface area contributed by atoms with E-state index in [9.17, 15) is 14.0 Å². The number of carbonyl (C=O) groups excluding carboxylic acids is 2. The molecule has 1 saturated heterocycles. The highest BCUT2D eigenvalue weighted by Crippen LogP contribution is 2.31. The van der Waals surface area contributed by atoms with E-state index in [2.05, 4.69) is 10.4 Å². The number of aromatic nitrogens is 2. The molecule has 0 bridgehead atoms. The lowest BCUT2D eigenvalue weighted by molar-refractivity contribution is 0.0548. The highest BCUT2D eigenvalue weighted by atomic mass is 19.1. The van der Waals surface area contributed by atoms with Crippen molar-refractivity contribution in [3.05, 3.63) is 65.6 Å². The Balaban J connectivity index is 1.39. The van der Waals surface area contributed by atoms with E-state index in [1.54, 1.807) is 43.4 Å². The zero-order valence-corrected chi connectivity index (χ0v) is 18.4. The number of aryl methyl sites for hydroxylation is 1. The Morgan fingerprint density at radius 3 is 2.76 bits per heavy atom. The Morgan fingerprint density at radius 2 is 1.94 bits per heavy atom. The van der Waals surface area contributed by atoms with Crippen molar-refractivity contribution >= 4 is 17.5 Å². The Bertz CT molecular complexity index is 1200. The van der Waals surface area contributed by atoms with Crippen LogP contribution in [0.1, 0.15) is 46.5 Å². The Hall–Kier alpha value is -3.68. The molecule has 5 rings (SSSR count). The number of rotatable bonds is 3. The minimum atomic E-state index is -0.353. The van der Waals surface area contributed by atoms with E-state index in [1.807, 2.05) is 4.90 Å². The van der Waals surface area contributed by atoms with Gasteiger partial charge in [-0.3, -0.25) is 14.3 Å². The number of anilines is 1. The summed E-state index contributed by atoms with van der Waals surface area (Å²) < 4.78 is 20.6. The van der Waals surface area contributed by atoms with Crippen molar-refractivity contribution in [3.63, 3.8) is 0 Å². The number of halogens is 1. The van der Waals surface area contributed by atoms with Crippen LogP contribution in [0.2, 0.25) is 0 Å². The van der Waals surface area contributed by atoms with E-state index in [0.717, 1.165) is 32.2 Å². The van der Waals surface area contributed by atoms with Crippen LogP contribution in [0, 0.1) is 5.82 Å². The minimum absolute atomic E-state index is 0.0513. The summed E-state index contributed by atoms with van der Waals surface area (Å²) in [5.74, 6) is -0.194. The lowest BCUT2D eigenvalue weighted by Crippen LogP contribution is -2.45. The number of hydrogen-bond donors (Lipinski definition) is 1. The minimum Gasteiger partial charge on any atom is -0.493 e. The van der Waals surface area contributed by atoms with Crippen LogP contribution in [0.15, 0.2) is 48.5 Å². The normalized spacial score (nSPS) is 17.9. The molecule has 3 aromatic rings. The molecule has 2 amide bonds. The SMILES string of the molecule is Cn1nc(-c2ccc(F)cc2)cc1C(=O)Nc1ccc2c(c1)C(=O)N1CCCCC1CCO2. The first-order valence-electron chi connectivity index (χ1n) is 11.2. The molecule has 0 spiro atoms. The van der Waals surface area contributed by atoms with Gasteiger partial charge in [0, 0.05) is 37.3 Å². The summed E-state index contributed by atoms with van der Waals surface area (Å²) in [6.07, 6.45) is 3.96. The molecule has 0 aliphatic carbocycles. The molecule has 3 heterocycles. The molecule has 1 N–H and O–H groups in total. The second-order valence-electron chi connectivity index (χ2n) is 8.50. The number of nitrogens with zero attached hydrogens (tertiary/aromatic N) is 3. The molecule has 8 heteroatoms. The first kappa shape index (κ1) is 21.2. The fraction of sp³-hybridized carbons (Fsp3) is 0.320. The average Bonchev–Trinajstić information content (AvgIpc) is 3.21. The first-order chi connectivity index (χ1) is 16.0. The standard InChI is InChI=1S/C25H25FN4O3/c1-29-22(15-21(28-29)16-5-7-17(26)8-6-16)24(31)27-18-9-10-23-20(14-18)25(32)30-12-3-2-4-19(30)11-13-33-23/h5-10,14-15,19H,2-4,11-13H2,1H3,(H,27,31). The zero-order chi connectivity index (χ0) is 22.9. The summed E-state index contributed by atoms with van der Waals surface area (Å²) in [5, 5.41) is 7.24. The number of carbonyl (C=O) groups is 2. The molecule has 1 unspecified atom stereocenters. The van der Waals surface area contributed by atoms with Crippen LogP contribution in [-0.4, -0.2) is 45.7 Å². The molecule has 7 nitrogen and oxygen atoms in total. The van der Waals surface area contributed by atoms with Gasteiger partial charge in [-0.2, -0.15) is 5.10 Å². The predicted octanol–water partition coefficient (Wildman–Crippen LogP) is 4.26. The fourth-order valence-electron chi connectivity index (χ4n) is 4.57. The molecule has 170 valence electrons. The number of hydrogen-bond acceptors (Lipinski definition) is 4. The van der Waals surface area contributed by atoms with Crippen molar-refractivity contribution in [2.45, 2.75) is 31.7 Å². The maximum absolute atomic E-state index is 13.3. The van der Waals surface area contributed by atoms with Crippen LogP contribution in [-0.2, 0) is 7.05 Å². The molecular formula is C25H25FN4O3. The summed E-state index contributed by atoms with van der Waals surface area (Å²) in [7, 11) is 1.68. The lowest BCUT2D eigenvalue weighted by Gasteiger charge is -2.37. The highest BCUT2D eigenvalue weighted by molar-refractivity contribution is 6.05. The maximum Gasteiger partial charge on any atom is 0.273 e. The second-order valence-corrected chi connectivity index (χ2v) is 8.50. The van der Waals surface area contributed by atoms with Gasteiger partial charge >= 0.3 is 0 Å². The van der Waals surface area contributed by atoms with Gasteiger partial charge in [-0.25, -0.2) is 4.39 Å². The molecule has 1 aromatic heterocycles. The average molecular weight is 448 g/mol. The van der Waals surface area contributed by atoms with Crippen molar-refractivity contribution in [2.75, 3.05) is 18.5 Å². The lowest BCUT2D eigenvalue weighted by atomic mass is 9.97.